The zero-order valence-electron chi connectivity index (χ0n) is 17.1. The first-order chi connectivity index (χ1) is 15.8. The Morgan fingerprint density at radius 1 is 0.875 bits per heavy atom. The van der Waals surface area contributed by atoms with Gasteiger partial charge in [0.25, 0.3) is 0 Å². The first-order valence-corrected chi connectivity index (χ1v) is 12.1. The van der Waals surface area contributed by atoms with E-state index < -0.39 is 0 Å². The van der Waals surface area contributed by atoms with Gasteiger partial charge < -0.3 is 10.3 Å². The van der Waals surface area contributed by atoms with E-state index in [-0.39, 0.29) is 5.91 Å². The summed E-state index contributed by atoms with van der Waals surface area (Å²) in [4.78, 5) is 25.1. The number of carbonyl (C=O) groups is 1. The number of nitrogens with one attached hydrogen (secondary N) is 2. The van der Waals surface area contributed by atoms with Crippen molar-refractivity contribution in [1.29, 1.82) is 0 Å². The number of fused-ring (bicyclic) bond motifs is 1. The average Bonchev–Trinajstić information content (AvgIpc) is 3.44. The average molecular weight is 457 g/mol. The van der Waals surface area contributed by atoms with Crippen LogP contribution < -0.4 is 5.32 Å². The van der Waals surface area contributed by atoms with Gasteiger partial charge in [-0.1, -0.05) is 95.9 Å². The van der Waals surface area contributed by atoms with E-state index in [1.807, 2.05) is 60.7 Å². The number of rotatable bonds is 7. The Bertz CT molecular complexity index is 1260. The third kappa shape index (κ3) is 4.59. The molecular weight excluding hydrogens is 436 g/mol. The molecule has 0 saturated heterocycles. The van der Waals surface area contributed by atoms with Crippen LogP contribution in [0.2, 0.25) is 0 Å². The smallest absolute Gasteiger partial charge is 0.226 e. The highest BCUT2D eigenvalue weighted by Gasteiger charge is 2.15. The number of aromatic amines is 1. The van der Waals surface area contributed by atoms with Gasteiger partial charge >= 0.3 is 0 Å². The van der Waals surface area contributed by atoms with E-state index in [4.69, 9.17) is 4.98 Å². The van der Waals surface area contributed by atoms with Gasteiger partial charge in [0, 0.05) is 23.3 Å². The molecule has 5 aromatic rings. The zero-order valence-corrected chi connectivity index (χ0v) is 18.7. The monoisotopic (exact) mass is 456 g/mol. The second-order valence-electron chi connectivity index (χ2n) is 7.13. The van der Waals surface area contributed by atoms with Crippen molar-refractivity contribution in [2.45, 2.75) is 11.6 Å². The van der Waals surface area contributed by atoms with Crippen LogP contribution in [0.4, 0.5) is 5.13 Å². The van der Waals surface area contributed by atoms with Crippen LogP contribution in [-0.4, -0.2) is 26.6 Å². The summed E-state index contributed by atoms with van der Waals surface area (Å²) in [7, 11) is 0. The molecule has 0 aliphatic rings. The maximum Gasteiger partial charge on any atom is 0.226 e. The standard InChI is InChI=1S/C25H20N4OS2/c30-21(27-25-26-19-13-7-8-14-20(19)32-25)15-16-31-24-28-22(17-9-3-1-4-10-17)23(29-24)18-11-5-2-6-12-18/h1-14H,15-16H2,(H,28,29)(H,26,27,30). The summed E-state index contributed by atoms with van der Waals surface area (Å²) in [5.74, 6) is 0.571. The van der Waals surface area contributed by atoms with Crippen LogP contribution in [-0.2, 0) is 4.79 Å². The molecule has 5 nitrogen and oxygen atoms in total. The molecule has 5 rings (SSSR count). The molecule has 3 aromatic carbocycles. The first-order valence-electron chi connectivity index (χ1n) is 10.3. The largest absolute Gasteiger partial charge is 0.332 e. The van der Waals surface area contributed by atoms with Crippen molar-refractivity contribution in [2.24, 2.45) is 0 Å². The molecule has 0 unspecified atom stereocenters. The predicted molar refractivity (Wildman–Crippen MR) is 133 cm³/mol. The minimum absolute atomic E-state index is 0.0466. The van der Waals surface area contributed by atoms with Crippen LogP contribution in [0.5, 0.6) is 0 Å². The predicted octanol–water partition coefficient (Wildman–Crippen LogP) is 6.47. The Morgan fingerprint density at radius 2 is 1.56 bits per heavy atom. The first kappa shape index (κ1) is 20.5. The SMILES string of the molecule is O=C(CCSc1nc(-c2ccccc2)c(-c2ccccc2)[nH]1)Nc1nc2ccccc2s1. The molecule has 32 heavy (non-hydrogen) atoms. The number of imidazole rings is 1. The van der Waals surface area contributed by atoms with Gasteiger partial charge in [-0.05, 0) is 12.1 Å². The number of para-hydroxylation sites is 1. The lowest BCUT2D eigenvalue weighted by atomic mass is 10.1. The van der Waals surface area contributed by atoms with Gasteiger partial charge in [-0.2, -0.15) is 0 Å². The van der Waals surface area contributed by atoms with Crippen molar-refractivity contribution < 1.29 is 4.79 Å². The number of amides is 1. The second-order valence-corrected chi connectivity index (χ2v) is 9.25. The molecule has 0 spiro atoms. The van der Waals surface area contributed by atoms with Gasteiger partial charge in [-0.3, -0.25) is 4.79 Å². The van der Waals surface area contributed by atoms with Crippen LogP contribution in [0.3, 0.4) is 0 Å². The third-order valence-electron chi connectivity index (χ3n) is 4.90. The lowest BCUT2D eigenvalue weighted by molar-refractivity contribution is -0.115. The fourth-order valence-corrected chi connectivity index (χ4v) is 5.08. The summed E-state index contributed by atoms with van der Waals surface area (Å²) in [6.45, 7) is 0. The van der Waals surface area contributed by atoms with Gasteiger partial charge in [-0.15, -0.1) is 0 Å². The lowest BCUT2D eigenvalue weighted by Gasteiger charge is -2.02. The molecule has 0 aliphatic carbocycles. The van der Waals surface area contributed by atoms with Crippen LogP contribution in [0.1, 0.15) is 6.42 Å². The van der Waals surface area contributed by atoms with E-state index in [2.05, 4.69) is 39.6 Å². The van der Waals surface area contributed by atoms with Crippen molar-refractivity contribution in [3.05, 3.63) is 84.9 Å². The highest BCUT2D eigenvalue weighted by atomic mass is 32.2. The summed E-state index contributed by atoms with van der Waals surface area (Å²) < 4.78 is 1.06. The van der Waals surface area contributed by atoms with Crippen LogP contribution in [0, 0.1) is 0 Å². The van der Waals surface area contributed by atoms with E-state index in [1.54, 1.807) is 11.8 Å². The van der Waals surface area contributed by atoms with E-state index in [1.165, 1.54) is 11.3 Å². The van der Waals surface area contributed by atoms with Crippen LogP contribution in [0.15, 0.2) is 90.1 Å². The zero-order chi connectivity index (χ0) is 21.8. The molecule has 0 saturated carbocycles. The van der Waals surface area contributed by atoms with E-state index in [0.29, 0.717) is 17.3 Å². The maximum atomic E-state index is 12.4. The van der Waals surface area contributed by atoms with Gasteiger partial charge in [-0.25, -0.2) is 9.97 Å². The van der Waals surface area contributed by atoms with Crippen molar-refractivity contribution in [2.75, 3.05) is 11.1 Å². The molecule has 2 N–H and O–H groups in total. The second kappa shape index (κ2) is 9.38. The van der Waals surface area contributed by atoms with Gasteiger partial charge in [0.1, 0.15) is 0 Å². The fourth-order valence-electron chi connectivity index (χ4n) is 3.39. The number of hydrogen-bond donors (Lipinski definition) is 2. The summed E-state index contributed by atoms with van der Waals surface area (Å²) in [6, 6.07) is 28.2. The summed E-state index contributed by atoms with van der Waals surface area (Å²) in [5, 5.41) is 4.35. The summed E-state index contributed by atoms with van der Waals surface area (Å²) in [5.41, 5.74) is 4.94. The molecule has 0 aliphatic heterocycles. The molecule has 0 radical (unpaired) electrons. The Balaban J connectivity index is 1.27. The highest BCUT2D eigenvalue weighted by Crippen LogP contribution is 2.33. The van der Waals surface area contributed by atoms with Gasteiger partial charge in [0.15, 0.2) is 10.3 Å². The van der Waals surface area contributed by atoms with Crippen molar-refractivity contribution in [3.8, 4) is 22.5 Å². The highest BCUT2D eigenvalue weighted by molar-refractivity contribution is 7.99. The van der Waals surface area contributed by atoms with Crippen LogP contribution >= 0.6 is 23.1 Å². The minimum Gasteiger partial charge on any atom is -0.332 e. The molecule has 7 heteroatoms. The minimum atomic E-state index is -0.0466. The van der Waals surface area contributed by atoms with Crippen molar-refractivity contribution >= 4 is 44.4 Å². The fraction of sp³-hybridized carbons (Fsp3) is 0.0800. The van der Waals surface area contributed by atoms with Crippen molar-refractivity contribution in [1.82, 2.24) is 15.0 Å². The molecular formula is C25H20N4OS2. The van der Waals surface area contributed by atoms with Crippen LogP contribution in [0.25, 0.3) is 32.7 Å². The number of nitrogens with zero attached hydrogens (tertiary/aromatic N) is 2. The van der Waals surface area contributed by atoms with E-state index >= 15 is 0 Å². The summed E-state index contributed by atoms with van der Waals surface area (Å²) >= 11 is 3.03. The van der Waals surface area contributed by atoms with Crippen molar-refractivity contribution in [3.63, 3.8) is 0 Å². The number of benzene rings is 3. The third-order valence-corrected chi connectivity index (χ3v) is 6.73. The Kier molecular flexibility index (Phi) is 6.00. The van der Waals surface area contributed by atoms with Gasteiger partial charge in [0.2, 0.25) is 5.91 Å². The number of anilines is 1. The number of hydrogen-bond acceptors (Lipinski definition) is 5. The molecule has 0 atom stereocenters. The maximum absolute atomic E-state index is 12.4. The normalized spacial score (nSPS) is 11.0. The number of aromatic nitrogens is 3. The Hall–Kier alpha value is -3.42. The summed E-state index contributed by atoms with van der Waals surface area (Å²) in [6.07, 6.45) is 0.378. The Labute approximate surface area is 194 Å². The quantitative estimate of drug-likeness (QED) is 0.275. The topological polar surface area (TPSA) is 70.7 Å². The molecule has 158 valence electrons. The molecule has 2 heterocycles. The Morgan fingerprint density at radius 3 is 2.31 bits per heavy atom. The van der Waals surface area contributed by atoms with E-state index in [0.717, 1.165) is 37.9 Å². The molecule has 0 fully saturated rings. The number of thioether (sulfide) groups is 1. The van der Waals surface area contributed by atoms with E-state index in [9.17, 15) is 4.79 Å². The van der Waals surface area contributed by atoms with Gasteiger partial charge in [0.05, 0.1) is 21.6 Å². The lowest BCUT2D eigenvalue weighted by Crippen LogP contribution is -2.11. The molecule has 0 bridgehead atoms. The molecule has 2 aromatic heterocycles. The number of thiazole rings is 1. The number of carbonyl (C=O) groups excluding carboxylic acids is 1. The number of H-pyrrole nitrogens is 1. The molecule has 1 amide bonds.